The van der Waals surface area contributed by atoms with Gasteiger partial charge in [-0.05, 0) is 52.1 Å². The number of benzene rings is 1. The van der Waals surface area contributed by atoms with Gasteiger partial charge in [-0.1, -0.05) is 59.2 Å². The average Bonchev–Trinajstić information content (AvgIpc) is 2.95. The van der Waals surface area contributed by atoms with Crippen LogP contribution in [0.25, 0.3) is 11.1 Å². The molecule has 1 aromatic carbocycles. The minimum atomic E-state index is -4.43. The van der Waals surface area contributed by atoms with Gasteiger partial charge in [0.15, 0.2) is 8.24 Å². The van der Waals surface area contributed by atoms with Gasteiger partial charge in [0, 0.05) is 6.20 Å². The van der Waals surface area contributed by atoms with Gasteiger partial charge < -0.3 is 4.23 Å². The smallest absolute Gasteiger partial charge is 0.379 e. The maximum absolute atomic E-state index is 12.9. The van der Waals surface area contributed by atoms with Crippen LogP contribution in [0.1, 0.15) is 47.1 Å². The van der Waals surface area contributed by atoms with E-state index >= 15 is 0 Å². The molecule has 0 fully saturated rings. The molecule has 2 aromatic rings. The van der Waals surface area contributed by atoms with Crippen LogP contribution >= 0.6 is 11.6 Å². The number of rotatable bonds is 5. The van der Waals surface area contributed by atoms with Crippen LogP contribution in [0.2, 0.25) is 21.6 Å². The predicted octanol–water partition coefficient (Wildman–Crippen LogP) is 7.85. The molecule has 0 aliphatic carbocycles. The summed E-state index contributed by atoms with van der Waals surface area (Å²) in [6.07, 6.45) is -0.255. The Labute approximate surface area is 160 Å². The van der Waals surface area contributed by atoms with Crippen molar-refractivity contribution in [3.8, 4) is 11.1 Å². The third-order valence-electron chi connectivity index (χ3n) is 5.52. The Balaban J connectivity index is 2.51. The molecule has 0 aliphatic rings. The van der Waals surface area contributed by atoms with Crippen molar-refractivity contribution in [1.29, 1.82) is 0 Å². The van der Waals surface area contributed by atoms with Crippen LogP contribution in [0, 0.1) is 0 Å². The Hall–Kier alpha value is -1.20. The van der Waals surface area contributed by atoms with Gasteiger partial charge in [0.1, 0.15) is 0 Å². The topological polar surface area (TPSA) is 4.93 Å². The normalized spacial score (nSPS) is 13.3. The summed E-state index contributed by atoms with van der Waals surface area (Å²) in [6.45, 7) is 13.7. The van der Waals surface area contributed by atoms with E-state index < -0.39 is 20.0 Å². The van der Waals surface area contributed by atoms with E-state index in [0.29, 0.717) is 22.2 Å². The first kappa shape index (κ1) is 21.1. The lowest BCUT2D eigenvalue weighted by Crippen LogP contribution is -2.51. The van der Waals surface area contributed by atoms with E-state index in [0.717, 1.165) is 11.6 Å². The first-order chi connectivity index (χ1) is 11.9. The van der Waals surface area contributed by atoms with E-state index in [-0.39, 0.29) is 5.02 Å². The van der Waals surface area contributed by atoms with Crippen LogP contribution in [0.3, 0.4) is 0 Å². The molecule has 0 radical (unpaired) electrons. The maximum atomic E-state index is 12.9. The third-order valence-corrected chi connectivity index (χ3v) is 12.6. The molecule has 144 valence electrons. The molecule has 0 aliphatic heterocycles. The molecule has 0 atom stereocenters. The summed E-state index contributed by atoms with van der Waals surface area (Å²) >= 11 is 5.89. The largest absolute Gasteiger partial charge is 0.417 e. The van der Waals surface area contributed by atoms with Crippen LogP contribution in [0.4, 0.5) is 13.2 Å². The van der Waals surface area contributed by atoms with Crippen molar-refractivity contribution in [2.24, 2.45) is 0 Å². The predicted molar refractivity (Wildman–Crippen MR) is 106 cm³/mol. The first-order valence-electron chi connectivity index (χ1n) is 8.97. The van der Waals surface area contributed by atoms with E-state index in [1.165, 1.54) is 12.1 Å². The standard InChI is InChI=1S/C20H27ClF3NSi/c1-13(2)26(14(3)4,15(5)6)25-10-9-17(12-25)16-7-8-18(19(21)11-16)20(22,23)24/h7-15H,1-6H3. The summed E-state index contributed by atoms with van der Waals surface area (Å²) in [5.74, 6) is 0. The lowest BCUT2D eigenvalue weighted by molar-refractivity contribution is -0.137. The Morgan fingerprint density at radius 2 is 1.42 bits per heavy atom. The molecule has 0 saturated heterocycles. The van der Waals surface area contributed by atoms with Crippen LogP contribution in [-0.4, -0.2) is 12.5 Å². The van der Waals surface area contributed by atoms with Gasteiger partial charge in [-0.25, -0.2) is 0 Å². The third kappa shape index (κ3) is 3.61. The minimum absolute atomic E-state index is 0.261. The number of hydrogen-bond acceptors (Lipinski definition) is 0. The molecular weight excluding hydrogens is 375 g/mol. The zero-order valence-electron chi connectivity index (χ0n) is 16.2. The van der Waals surface area contributed by atoms with Gasteiger partial charge >= 0.3 is 6.18 Å². The van der Waals surface area contributed by atoms with Crippen molar-refractivity contribution in [3.63, 3.8) is 0 Å². The Kier molecular flexibility index (Phi) is 6.03. The molecule has 0 amide bonds. The summed E-state index contributed by atoms with van der Waals surface area (Å²) in [5, 5.41) is -0.261. The molecule has 26 heavy (non-hydrogen) atoms. The highest BCUT2D eigenvalue weighted by molar-refractivity contribution is 6.82. The molecule has 1 heterocycles. The fourth-order valence-electron chi connectivity index (χ4n) is 4.63. The van der Waals surface area contributed by atoms with Crippen LogP contribution in [-0.2, 0) is 6.18 Å². The van der Waals surface area contributed by atoms with E-state index in [4.69, 9.17) is 11.6 Å². The number of alkyl halides is 3. The van der Waals surface area contributed by atoms with Crippen molar-refractivity contribution in [3.05, 3.63) is 47.2 Å². The second-order valence-electron chi connectivity index (χ2n) is 7.85. The Morgan fingerprint density at radius 3 is 1.85 bits per heavy atom. The van der Waals surface area contributed by atoms with E-state index in [9.17, 15) is 13.2 Å². The van der Waals surface area contributed by atoms with Gasteiger partial charge in [0.2, 0.25) is 0 Å². The maximum Gasteiger partial charge on any atom is 0.417 e. The zero-order valence-corrected chi connectivity index (χ0v) is 17.9. The molecule has 2 rings (SSSR count). The summed E-state index contributed by atoms with van der Waals surface area (Å²) in [4.78, 5) is 0. The van der Waals surface area contributed by atoms with Crippen LogP contribution in [0.5, 0.6) is 0 Å². The van der Waals surface area contributed by atoms with Gasteiger partial charge in [-0.15, -0.1) is 0 Å². The number of hydrogen-bond donors (Lipinski definition) is 0. The summed E-state index contributed by atoms with van der Waals surface area (Å²) in [6, 6.07) is 5.95. The molecule has 0 N–H and O–H groups in total. The monoisotopic (exact) mass is 401 g/mol. The second-order valence-corrected chi connectivity index (χ2v) is 14.0. The summed E-state index contributed by atoms with van der Waals surface area (Å²) in [7, 11) is -1.87. The number of aromatic nitrogens is 1. The van der Waals surface area contributed by atoms with Crippen molar-refractivity contribution in [2.45, 2.75) is 64.3 Å². The molecule has 0 saturated carbocycles. The number of halogens is 4. The number of nitrogens with zero attached hydrogens (tertiary/aromatic N) is 1. The summed E-state index contributed by atoms with van der Waals surface area (Å²) in [5.41, 5.74) is 2.44. The summed E-state index contributed by atoms with van der Waals surface area (Å²) < 4.78 is 41.1. The molecule has 0 unspecified atom stereocenters. The molecule has 1 aromatic heterocycles. The Bertz CT molecular complexity index is 741. The van der Waals surface area contributed by atoms with Crippen molar-refractivity contribution >= 4 is 19.8 Å². The molecule has 1 nitrogen and oxygen atoms in total. The molecule has 0 spiro atoms. The van der Waals surface area contributed by atoms with E-state index in [2.05, 4.69) is 58.2 Å². The van der Waals surface area contributed by atoms with Gasteiger partial charge in [-0.3, -0.25) is 0 Å². The van der Waals surface area contributed by atoms with Gasteiger partial charge in [-0.2, -0.15) is 13.2 Å². The molecular formula is C20H27ClF3NSi. The molecule has 6 heteroatoms. The van der Waals surface area contributed by atoms with Gasteiger partial charge in [0.25, 0.3) is 0 Å². The fourth-order valence-corrected chi connectivity index (χ4v) is 11.4. The van der Waals surface area contributed by atoms with Gasteiger partial charge in [0.05, 0.1) is 10.6 Å². The van der Waals surface area contributed by atoms with Crippen molar-refractivity contribution in [1.82, 2.24) is 4.23 Å². The lowest BCUT2D eigenvalue weighted by atomic mass is 10.1. The lowest BCUT2D eigenvalue weighted by Gasteiger charge is -2.44. The van der Waals surface area contributed by atoms with Crippen LogP contribution in [0.15, 0.2) is 36.7 Å². The average molecular weight is 402 g/mol. The fraction of sp³-hybridized carbons (Fsp3) is 0.500. The Morgan fingerprint density at radius 1 is 0.885 bits per heavy atom. The van der Waals surface area contributed by atoms with E-state index in [1.807, 2.05) is 6.07 Å². The highest BCUT2D eigenvalue weighted by Gasteiger charge is 2.45. The SMILES string of the molecule is CC(C)[Si](C(C)C)(C(C)C)n1ccc(-c2ccc(C(F)(F)F)c(Cl)c2)c1. The highest BCUT2D eigenvalue weighted by atomic mass is 35.5. The van der Waals surface area contributed by atoms with Crippen LogP contribution < -0.4 is 0 Å². The minimum Gasteiger partial charge on any atom is -0.379 e. The second kappa shape index (κ2) is 7.43. The highest BCUT2D eigenvalue weighted by Crippen LogP contribution is 2.43. The van der Waals surface area contributed by atoms with Crippen molar-refractivity contribution < 1.29 is 13.2 Å². The van der Waals surface area contributed by atoms with E-state index in [1.54, 1.807) is 0 Å². The van der Waals surface area contributed by atoms with Crippen molar-refractivity contribution in [2.75, 3.05) is 0 Å². The quantitative estimate of drug-likeness (QED) is 0.449. The molecule has 0 bridgehead atoms. The first-order valence-corrected chi connectivity index (χ1v) is 11.5. The zero-order chi connectivity index (χ0) is 19.9.